The molecule has 0 aliphatic heterocycles. The maximum Gasteiger partial charge on any atom is 0.189 e. The highest BCUT2D eigenvalue weighted by Gasteiger charge is 2.27. The molecule has 1 heterocycles. The van der Waals surface area contributed by atoms with Gasteiger partial charge < -0.3 is 4.90 Å². The normalized spacial score (nSPS) is 15.8. The van der Waals surface area contributed by atoms with Gasteiger partial charge in [0.05, 0.1) is 0 Å². The first kappa shape index (κ1) is 8.81. The van der Waals surface area contributed by atoms with Gasteiger partial charge in [-0.3, -0.25) is 0 Å². The third-order valence-electron chi connectivity index (χ3n) is 2.26. The zero-order chi connectivity index (χ0) is 9.26. The number of nitrogens with zero attached hydrogens (tertiary/aromatic N) is 3. The van der Waals surface area contributed by atoms with Crippen LogP contribution in [-0.2, 0) is 0 Å². The summed E-state index contributed by atoms with van der Waals surface area (Å²) in [5, 5.41) is 0.852. The van der Waals surface area contributed by atoms with Crippen LogP contribution in [0.3, 0.4) is 0 Å². The molecule has 1 fully saturated rings. The van der Waals surface area contributed by atoms with Crippen molar-refractivity contribution in [3.63, 3.8) is 0 Å². The summed E-state index contributed by atoms with van der Waals surface area (Å²) in [5.41, 5.74) is 0. The molecule has 1 aliphatic carbocycles. The summed E-state index contributed by atoms with van der Waals surface area (Å²) < 4.78 is 0. The van der Waals surface area contributed by atoms with Crippen molar-refractivity contribution in [3.05, 3.63) is 12.3 Å². The van der Waals surface area contributed by atoms with E-state index in [-0.39, 0.29) is 0 Å². The van der Waals surface area contributed by atoms with Gasteiger partial charge in [0.15, 0.2) is 5.16 Å². The van der Waals surface area contributed by atoms with Crippen LogP contribution in [0.5, 0.6) is 0 Å². The quantitative estimate of drug-likeness (QED) is 0.543. The molecule has 1 aromatic heterocycles. The molecule has 0 spiro atoms. The van der Waals surface area contributed by atoms with Gasteiger partial charge in [-0.1, -0.05) is 11.8 Å². The SMILES string of the molecule is CSc1nccc(N(C)C2CC2)n1. The van der Waals surface area contributed by atoms with Crippen molar-refractivity contribution in [2.75, 3.05) is 18.2 Å². The van der Waals surface area contributed by atoms with Crippen LogP contribution in [0.1, 0.15) is 12.8 Å². The highest BCUT2D eigenvalue weighted by molar-refractivity contribution is 7.98. The fourth-order valence-electron chi connectivity index (χ4n) is 1.28. The third kappa shape index (κ3) is 1.94. The molecule has 0 saturated heterocycles. The third-order valence-corrected chi connectivity index (χ3v) is 2.82. The van der Waals surface area contributed by atoms with Crippen LogP contribution < -0.4 is 4.90 Å². The summed E-state index contributed by atoms with van der Waals surface area (Å²) in [4.78, 5) is 10.8. The van der Waals surface area contributed by atoms with Gasteiger partial charge in [-0.2, -0.15) is 0 Å². The zero-order valence-corrected chi connectivity index (χ0v) is 8.71. The molecule has 0 aromatic carbocycles. The summed E-state index contributed by atoms with van der Waals surface area (Å²) >= 11 is 1.58. The minimum atomic E-state index is 0.713. The number of rotatable bonds is 3. The topological polar surface area (TPSA) is 29.0 Å². The number of anilines is 1. The van der Waals surface area contributed by atoms with Gasteiger partial charge >= 0.3 is 0 Å². The molecule has 0 radical (unpaired) electrons. The Labute approximate surface area is 82.6 Å². The lowest BCUT2D eigenvalue weighted by atomic mass is 10.5. The number of hydrogen-bond donors (Lipinski definition) is 0. The smallest absolute Gasteiger partial charge is 0.189 e. The second kappa shape index (κ2) is 3.54. The van der Waals surface area contributed by atoms with E-state index in [1.54, 1.807) is 11.8 Å². The van der Waals surface area contributed by atoms with Crippen molar-refractivity contribution < 1.29 is 0 Å². The molecule has 0 N–H and O–H groups in total. The minimum Gasteiger partial charge on any atom is -0.357 e. The molecule has 0 amide bonds. The first-order valence-electron chi connectivity index (χ1n) is 4.41. The van der Waals surface area contributed by atoms with Crippen molar-refractivity contribution in [1.29, 1.82) is 0 Å². The van der Waals surface area contributed by atoms with Gasteiger partial charge in [0, 0.05) is 19.3 Å². The van der Waals surface area contributed by atoms with Crippen molar-refractivity contribution >= 4 is 17.6 Å². The summed E-state index contributed by atoms with van der Waals surface area (Å²) in [5.74, 6) is 1.04. The molecule has 2 rings (SSSR count). The largest absolute Gasteiger partial charge is 0.357 e. The average molecular weight is 195 g/mol. The standard InChI is InChI=1S/C9H13N3S/c1-12(7-3-4-7)8-5-6-10-9(11-8)13-2/h5-7H,3-4H2,1-2H3. The Hall–Kier alpha value is -0.770. The van der Waals surface area contributed by atoms with E-state index in [1.807, 2.05) is 18.5 Å². The maximum absolute atomic E-state index is 4.43. The lowest BCUT2D eigenvalue weighted by Gasteiger charge is -2.16. The predicted octanol–water partition coefficient (Wildman–Crippen LogP) is 1.80. The van der Waals surface area contributed by atoms with Crippen LogP contribution in [-0.4, -0.2) is 29.3 Å². The Bertz CT molecular complexity index is 299. The lowest BCUT2D eigenvalue weighted by Crippen LogP contribution is -2.20. The Kier molecular flexibility index (Phi) is 2.40. The highest BCUT2D eigenvalue weighted by atomic mass is 32.2. The van der Waals surface area contributed by atoms with Gasteiger partial charge in [0.25, 0.3) is 0 Å². The van der Waals surface area contributed by atoms with Gasteiger partial charge in [-0.15, -0.1) is 0 Å². The van der Waals surface area contributed by atoms with Crippen LogP contribution in [0.25, 0.3) is 0 Å². The van der Waals surface area contributed by atoms with Crippen LogP contribution in [0, 0.1) is 0 Å². The molecule has 1 saturated carbocycles. The van der Waals surface area contributed by atoms with Crippen molar-refractivity contribution in [3.8, 4) is 0 Å². The molecule has 13 heavy (non-hydrogen) atoms. The summed E-state index contributed by atoms with van der Waals surface area (Å²) in [7, 11) is 2.10. The van der Waals surface area contributed by atoms with E-state index in [0.29, 0.717) is 6.04 Å². The molecular formula is C9H13N3S. The Morgan fingerprint density at radius 1 is 1.54 bits per heavy atom. The fraction of sp³-hybridized carbons (Fsp3) is 0.556. The van der Waals surface area contributed by atoms with E-state index in [9.17, 15) is 0 Å². The Morgan fingerprint density at radius 2 is 2.31 bits per heavy atom. The van der Waals surface area contributed by atoms with E-state index in [4.69, 9.17) is 0 Å². The van der Waals surface area contributed by atoms with Crippen LogP contribution in [0.15, 0.2) is 17.4 Å². The lowest BCUT2D eigenvalue weighted by molar-refractivity contribution is 0.852. The zero-order valence-electron chi connectivity index (χ0n) is 7.90. The van der Waals surface area contributed by atoms with E-state index in [2.05, 4.69) is 21.9 Å². The minimum absolute atomic E-state index is 0.713. The molecule has 0 unspecified atom stereocenters. The van der Waals surface area contributed by atoms with E-state index in [0.717, 1.165) is 11.0 Å². The van der Waals surface area contributed by atoms with Gasteiger partial charge in [-0.25, -0.2) is 9.97 Å². The van der Waals surface area contributed by atoms with Crippen molar-refractivity contribution in [2.24, 2.45) is 0 Å². The van der Waals surface area contributed by atoms with Gasteiger partial charge in [-0.05, 0) is 25.2 Å². The van der Waals surface area contributed by atoms with Gasteiger partial charge in [0.2, 0.25) is 0 Å². The summed E-state index contributed by atoms with van der Waals surface area (Å²) in [6, 6.07) is 2.68. The molecule has 70 valence electrons. The van der Waals surface area contributed by atoms with Crippen molar-refractivity contribution in [1.82, 2.24) is 9.97 Å². The van der Waals surface area contributed by atoms with Gasteiger partial charge in [0.1, 0.15) is 5.82 Å². The van der Waals surface area contributed by atoms with Crippen LogP contribution >= 0.6 is 11.8 Å². The van der Waals surface area contributed by atoms with Crippen LogP contribution in [0.4, 0.5) is 5.82 Å². The first-order chi connectivity index (χ1) is 6.31. The fourth-order valence-corrected chi connectivity index (χ4v) is 1.63. The first-order valence-corrected chi connectivity index (χ1v) is 5.63. The summed E-state index contributed by atoms with van der Waals surface area (Å²) in [6.45, 7) is 0. The number of hydrogen-bond acceptors (Lipinski definition) is 4. The monoisotopic (exact) mass is 195 g/mol. The Balaban J connectivity index is 2.18. The average Bonchev–Trinajstić information content (AvgIpc) is 3.00. The molecule has 1 aromatic rings. The second-order valence-electron chi connectivity index (χ2n) is 3.24. The molecule has 1 aliphatic rings. The van der Waals surface area contributed by atoms with Crippen LogP contribution in [0.2, 0.25) is 0 Å². The number of aromatic nitrogens is 2. The number of thioether (sulfide) groups is 1. The molecule has 3 nitrogen and oxygen atoms in total. The Morgan fingerprint density at radius 3 is 2.92 bits per heavy atom. The van der Waals surface area contributed by atoms with Crippen molar-refractivity contribution in [2.45, 2.75) is 24.0 Å². The van der Waals surface area contributed by atoms with E-state index >= 15 is 0 Å². The molecule has 0 bridgehead atoms. The highest BCUT2D eigenvalue weighted by Crippen LogP contribution is 2.29. The summed E-state index contributed by atoms with van der Waals surface area (Å²) in [6.07, 6.45) is 6.42. The molecular weight excluding hydrogens is 182 g/mol. The molecule has 4 heteroatoms. The van der Waals surface area contributed by atoms with E-state index < -0.39 is 0 Å². The molecule has 0 atom stereocenters. The maximum atomic E-state index is 4.43. The second-order valence-corrected chi connectivity index (χ2v) is 4.02. The van der Waals surface area contributed by atoms with E-state index in [1.165, 1.54) is 12.8 Å². The predicted molar refractivity (Wildman–Crippen MR) is 55.2 cm³/mol.